The summed E-state index contributed by atoms with van der Waals surface area (Å²) >= 11 is 1.53. The van der Waals surface area contributed by atoms with Crippen molar-refractivity contribution in [1.29, 1.82) is 0 Å². The van der Waals surface area contributed by atoms with Crippen molar-refractivity contribution < 1.29 is 14.3 Å². The van der Waals surface area contributed by atoms with Gasteiger partial charge in [-0.2, -0.15) is 0 Å². The molecule has 1 saturated heterocycles. The third kappa shape index (κ3) is 5.38. The Labute approximate surface area is 214 Å². The normalized spacial score (nSPS) is 14.1. The number of amides is 1. The number of carbonyl (C=O) groups is 1. The number of halogens is 1. The molecule has 35 heavy (non-hydrogen) atoms. The summed E-state index contributed by atoms with van der Waals surface area (Å²) in [6, 6.07) is 9.41. The van der Waals surface area contributed by atoms with E-state index in [0.717, 1.165) is 60.6 Å². The highest BCUT2D eigenvalue weighted by Gasteiger charge is 2.24. The number of nitrogens with zero attached hydrogens (tertiary/aromatic N) is 5. The van der Waals surface area contributed by atoms with E-state index in [-0.39, 0.29) is 18.3 Å². The molecule has 5 rings (SSSR count). The number of anilines is 1. The Hall–Kier alpha value is -2.85. The van der Waals surface area contributed by atoms with Crippen LogP contribution in [0.5, 0.6) is 5.75 Å². The Bertz CT molecular complexity index is 1330. The molecule has 3 heterocycles. The van der Waals surface area contributed by atoms with E-state index in [4.69, 9.17) is 14.5 Å². The summed E-state index contributed by atoms with van der Waals surface area (Å²) in [7, 11) is 1.64. The van der Waals surface area contributed by atoms with Crippen LogP contribution in [0.25, 0.3) is 21.3 Å². The predicted molar refractivity (Wildman–Crippen MR) is 141 cm³/mol. The van der Waals surface area contributed by atoms with E-state index < -0.39 is 0 Å². The van der Waals surface area contributed by atoms with Crippen molar-refractivity contribution >= 4 is 56.0 Å². The molecule has 0 unspecified atom stereocenters. The molecule has 8 nitrogen and oxygen atoms in total. The fraction of sp³-hybridized carbons (Fsp3) is 0.360. The van der Waals surface area contributed by atoms with Crippen molar-refractivity contribution in [3.63, 3.8) is 0 Å². The van der Waals surface area contributed by atoms with Gasteiger partial charge in [0.25, 0.3) is 5.91 Å². The molecule has 0 spiro atoms. The zero-order chi connectivity index (χ0) is 23.5. The molecule has 10 heteroatoms. The summed E-state index contributed by atoms with van der Waals surface area (Å²) in [5.41, 5.74) is 3.93. The molecule has 0 N–H and O–H groups in total. The first-order valence-corrected chi connectivity index (χ1v) is 12.2. The third-order valence-corrected chi connectivity index (χ3v) is 7.28. The van der Waals surface area contributed by atoms with E-state index in [9.17, 15) is 4.79 Å². The lowest BCUT2D eigenvalue weighted by atomic mass is 10.1. The standard InChI is InChI=1S/C25H27N5O3S.ClH/c1-17-4-7-21(32-2)22-23(17)34-25(28-22)30(11-3-10-29-12-14-33-15-13-29)24(31)18-5-6-19-20(16-18)27-9-8-26-19;/h4-9,16H,3,10-15H2,1-2H3;1H. The Kier molecular flexibility index (Phi) is 8.12. The molecule has 4 aromatic rings. The maximum absolute atomic E-state index is 13.8. The summed E-state index contributed by atoms with van der Waals surface area (Å²) in [6.45, 7) is 6.90. The summed E-state index contributed by atoms with van der Waals surface area (Å²) in [5.74, 6) is 0.620. The summed E-state index contributed by atoms with van der Waals surface area (Å²) in [6.07, 6.45) is 4.13. The van der Waals surface area contributed by atoms with Crippen molar-refractivity contribution in [3.8, 4) is 5.75 Å². The Balaban J connectivity index is 0.00000289. The van der Waals surface area contributed by atoms with Gasteiger partial charge in [0.2, 0.25) is 0 Å². The monoisotopic (exact) mass is 513 g/mol. The van der Waals surface area contributed by atoms with E-state index in [2.05, 4.69) is 21.8 Å². The second kappa shape index (κ2) is 11.3. The van der Waals surface area contributed by atoms with Gasteiger partial charge >= 0.3 is 0 Å². The van der Waals surface area contributed by atoms with Crippen LogP contribution in [0.3, 0.4) is 0 Å². The molecule has 184 valence electrons. The van der Waals surface area contributed by atoms with Gasteiger partial charge in [-0.1, -0.05) is 17.4 Å². The smallest absolute Gasteiger partial charge is 0.260 e. The van der Waals surface area contributed by atoms with Crippen LogP contribution in [0.4, 0.5) is 5.13 Å². The first-order chi connectivity index (χ1) is 16.6. The van der Waals surface area contributed by atoms with Gasteiger partial charge in [-0.15, -0.1) is 12.4 Å². The lowest BCUT2D eigenvalue weighted by Gasteiger charge is -2.27. The number of thiazole rings is 1. The zero-order valence-electron chi connectivity index (χ0n) is 19.8. The first kappa shape index (κ1) is 25.2. The first-order valence-electron chi connectivity index (χ1n) is 11.4. The molecule has 1 aliphatic heterocycles. The number of hydrogen-bond donors (Lipinski definition) is 0. The van der Waals surface area contributed by atoms with Crippen LogP contribution in [0.1, 0.15) is 22.3 Å². The maximum atomic E-state index is 13.8. The van der Waals surface area contributed by atoms with Gasteiger partial charge in [0, 0.05) is 44.1 Å². The van der Waals surface area contributed by atoms with Crippen LogP contribution in [0.2, 0.25) is 0 Å². The summed E-state index contributed by atoms with van der Waals surface area (Å²) < 4.78 is 12.0. The second-order valence-electron chi connectivity index (χ2n) is 8.28. The quantitative estimate of drug-likeness (QED) is 0.363. The van der Waals surface area contributed by atoms with Crippen LogP contribution >= 0.6 is 23.7 Å². The van der Waals surface area contributed by atoms with E-state index in [0.29, 0.717) is 28.5 Å². The Morgan fingerprint density at radius 3 is 2.69 bits per heavy atom. The topological polar surface area (TPSA) is 80.7 Å². The lowest BCUT2D eigenvalue weighted by molar-refractivity contribution is 0.0376. The van der Waals surface area contributed by atoms with Gasteiger partial charge in [-0.05, 0) is 43.2 Å². The highest BCUT2D eigenvalue weighted by molar-refractivity contribution is 7.22. The molecule has 0 aliphatic carbocycles. The Morgan fingerprint density at radius 2 is 1.91 bits per heavy atom. The fourth-order valence-electron chi connectivity index (χ4n) is 4.19. The minimum Gasteiger partial charge on any atom is -0.494 e. The average Bonchev–Trinajstić information content (AvgIpc) is 3.33. The second-order valence-corrected chi connectivity index (χ2v) is 9.26. The lowest BCUT2D eigenvalue weighted by Crippen LogP contribution is -2.39. The molecule has 1 amide bonds. The number of hydrogen-bond acceptors (Lipinski definition) is 8. The van der Waals surface area contributed by atoms with E-state index in [1.54, 1.807) is 30.5 Å². The molecule has 2 aromatic carbocycles. The van der Waals surface area contributed by atoms with E-state index >= 15 is 0 Å². The van der Waals surface area contributed by atoms with Gasteiger partial charge in [-0.25, -0.2) is 4.98 Å². The number of carbonyl (C=O) groups excluding carboxylic acids is 1. The van der Waals surface area contributed by atoms with Crippen LogP contribution in [0, 0.1) is 6.92 Å². The van der Waals surface area contributed by atoms with Crippen molar-refractivity contribution in [2.24, 2.45) is 0 Å². The zero-order valence-corrected chi connectivity index (χ0v) is 21.4. The van der Waals surface area contributed by atoms with Gasteiger partial charge in [0.05, 0.1) is 36.1 Å². The molecule has 0 saturated carbocycles. The van der Waals surface area contributed by atoms with Gasteiger partial charge in [-0.3, -0.25) is 24.6 Å². The number of aromatic nitrogens is 3. The number of benzene rings is 2. The molecular weight excluding hydrogens is 486 g/mol. The minimum absolute atomic E-state index is 0. The van der Waals surface area contributed by atoms with Crippen molar-refractivity contribution in [1.82, 2.24) is 19.9 Å². The van der Waals surface area contributed by atoms with Crippen molar-refractivity contribution in [3.05, 3.63) is 53.9 Å². The summed E-state index contributed by atoms with van der Waals surface area (Å²) in [5, 5.41) is 0.675. The van der Waals surface area contributed by atoms with Gasteiger partial charge in [0.15, 0.2) is 5.13 Å². The van der Waals surface area contributed by atoms with Crippen LogP contribution in [0.15, 0.2) is 42.7 Å². The SMILES string of the molecule is COc1ccc(C)c2sc(N(CCCN3CCOCC3)C(=O)c3ccc4nccnc4c3)nc12.Cl. The van der Waals surface area contributed by atoms with Crippen LogP contribution in [-0.4, -0.2) is 72.3 Å². The average molecular weight is 514 g/mol. The largest absolute Gasteiger partial charge is 0.494 e. The van der Waals surface area contributed by atoms with Gasteiger partial charge in [0.1, 0.15) is 11.3 Å². The highest BCUT2D eigenvalue weighted by Crippen LogP contribution is 2.37. The molecule has 1 aliphatic rings. The number of aryl methyl sites for hydroxylation is 1. The van der Waals surface area contributed by atoms with Crippen molar-refractivity contribution in [2.75, 3.05) is 51.4 Å². The number of rotatable bonds is 7. The number of fused-ring (bicyclic) bond motifs is 2. The summed E-state index contributed by atoms with van der Waals surface area (Å²) in [4.78, 5) is 31.5. The predicted octanol–water partition coefficient (Wildman–Crippen LogP) is 4.35. The number of methoxy groups -OCH3 is 1. The molecular formula is C25H28ClN5O3S. The molecule has 1 fully saturated rings. The number of ether oxygens (including phenoxy) is 2. The molecule has 0 radical (unpaired) electrons. The van der Waals surface area contributed by atoms with E-state index in [1.165, 1.54) is 11.3 Å². The molecule has 0 atom stereocenters. The number of morpholine rings is 1. The van der Waals surface area contributed by atoms with E-state index in [1.807, 2.05) is 24.3 Å². The fourth-order valence-corrected chi connectivity index (χ4v) is 5.27. The molecule has 0 bridgehead atoms. The molecule has 2 aromatic heterocycles. The van der Waals surface area contributed by atoms with Crippen molar-refractivity contribution in [2.45, 2.75) is 13.3 Å². The minimum atomic E-state index is -0.0924. The van der Waals surface area contributed by atoms with Crippen LogP contribution < -0.4 is 9.64 Å². The Morgan fingerprint density at radius 1 is 1.14 bits per heavy atom. The van der Waals surface area contributed by atoms with Gasteiger partial charge < -0.3 is 9.47 Å². The third-order valence-electron chi connectivity index (χ3n) is 6.06. The van der Waals surface area contributed by atoms with Crippen LogP contribution in [-0.2, 0) is 4.74 Å². The highest BCUT2D eigenvalue weighted by atomic mass is 35.5. The maximum Gasteiger partial charge on any atom is 0.260 e.